The molecule has 0 aliphatic heterocycles. The van der Waals surface area contributed by atoms with Crippen molar-refractivity contribution in [1.82, 2.24) is 0 Å². The minimum Gasteiger partial charge on any atom is -0.294 e. The molecule has 2 aromatic carbocycles. The molecule has 98 valence electrons. The molecule has 0 aliphatic carbocycles. The van der Waals surface area contributed by atoms with E-state index in [1.165, 1.54) is 12.1 Å². The lowest BCUT2D eigenvalue weighted by Crippen LogP contribution is -2.05. The van der Waals surface area contributed by atoms with Crippen LogP contribution in [-0.4, -0.2) is 5.78 Å². The second-order valence-corrected chi connectivity index (χ2v) is 5.60. The fourth-order valence-corrected chi connectivity index (χ4v) is 2.64. The van der Waals surface area contributed by atoms with Gasteiger partial charge in [0.2, 0.25) is 0 Å². The standard InChI is InChI=1S/C16H14BrFO/c1-10-5-13(8-14(17)6-10)16(19)9-12-3-4-15(18)7-11(12)2/h3-8H,9H2,1-2H3. The number of aryl methyl sites for hydroxylation is 2. The van der Waals surface area contributed by atoms with E-state index < -0.39 is 0 Å². The maximum atomic E-state index is 13.0. The van der Waals surface area contributed by atoms with Gasteiger partial charge in [0.25, 0.3) is 0 Å². The van der Waals surface area contributed by atoms with Crippen LogP contribution in [0.25, 0.3) is 0 Å². The third kappa shape index (κ3) is 3.51. The normalized spacial score (nSPS) is 10.5. The van der Waals surface area contributed by atoms with Crippen molar-refractivity contribution in [2.24, 2.45) is 0 Å². The molecule has 0 saturated carbocycles. The van der Waals surface area contributed by atoms with Crippen molar-refractivity contribution in [3.8, 4) is 0 Å². The first-order chi connectivity index (χ1) is 8.95. The van der Waals surface area contributed by atoms with Gasteiger partial charge in [-0.2, -0.15) is 0 Å². The van der Waals surface area contributed by atoms with E-state index in [-0.39, 0.29) is 11.6 Å². The lowest BCUT2D eigenvalue weighted by Gasteiger charge is -2.07. The van der Waals surface area contributed by atoms with Crippen LogP contribution in [-0.2, 0) is 6.42 Å². The maximum absolute atomic E-state index is 13.0. The lowest BCUT2D eigenvalue weighted by atomic mass is 9.98. The Balaban J connectivity index is 2.25. The van der Waals surface area contributed by atoms with Gasteiger partial charge in [0, 0.05) is 16.5 Å². The van der Waals surface area contributed by atoms with E-state index in [4.69, 9.17) is 0 Å². The molecule has 3 heteroatoms. The molecule has 2 rings (SSSR count). The Morgan fingerprint density at radius 1 is 1.16 bits per heavy atom. The number of rotatable bonds is 3. The summed E-state index contributed by atoms with van der Waals surface area (Å²) in [5.74, 6) is -0.230. The van der Waals surface area contributed by atoms with Crippen LogP contribution in [0.1, 0.15) is 27.0 Å². The molecule has 0 amide bonds. The number of halogens is 2. The fourth-order valence-electron chi connectivity index (χ4n) is 2.03. The molecule has 0 bridgehead atoms. The predicted octanol–water partition coefficient (Wildman–Crippen LogP) is 4.63. The van der Waals surface area contributed by atoms with Gasteiger partial charge in [-0.25, -0.2) is 4.39 Å². The van der Waals surface area contributed by atoms with Crippen LogP contribution < -0.4 is 0 Å². The first-order valence-corrected chi connectivity index (χ1v) is 6.80. The predicted molar refractivity (Wildman–Crippen MR) is 78.1 cm³/mol. The Morgan fingerprint density at radius 3 is 2.53 bits per heavy atom. The van der Waals surface area contributed by atoms with Gasteiger partial charge in [-0.1, -0.05) is 22.0 Å². The van der Waals surface area contributed by atoms with Crippen LogP contribution in [0.3, 0.4) is 0 Å². The molecule has 19 heavy (non-hydrogen) atoms. The first kappa shape index (κ1) is 13.9. The number of hydrogen-bond donors (Lipinski definition) is 0. The van der Waals surface area contributed by atoms with Crippen molar-refractivity contribution < 1.29 is 9.18 Å². The summed E-state index contributed by atoms with van der Waals surface area (Å²) in [6.07, 6.45) is 0.294. The lowest BCUT2D eigenvalue weighted by molar-refractivity contribution is 0.0992. The van der Waals surface area contributed by atoms with Gasteiger partial charge in [-0.05, 0) is 60.9 Å². The zero-order valence-electron chi connectivity index (χ0n) is 10.8. The van der Waals surface area contributed by atoms with Crippen LogP contribution in [0.2, 0.25) is 0 Å². The van der Waals surface area contributed by atoms with Crippen molar-refractivity contribution in [2.45, 2.75) is 20.3 Å². The highest BCUT2D eigenvalue weighted by Gasteiger charge is 2.10. The van der Waals surface area contributed by atoms with Crippen molar-refractivity contribution >= 4 is 21.7 Å². The van der Waals surface area contributed by atoms with Gasteiger partial charge in [0.05, 0.1) is 0 Å². The smallest absolute Gasteiger partial charge is 0.167 e. The third-order valence-corrected chi connectivity index (χ3v) is 3.48. The van der Waals surface area contributed by atoms with Gasteiger partial charge >= 0.3 is 0 Å². The average molecular weight is 321 g/mol. The highest BCUT2D eigenvalue weighted by atomic mass is 79.9. The fraction of sp³-hybridized carbons (Fsp3) is 0.188. The van der Waals surface area contributed by atoms with E-state index in [1.54, 1.807) is 6.07 Å². The third-order valence-electron chi connectivity index (χ3n) is 3.02. The topological polar surface area (TPSA) is 17.1 Å². The number of carbonyl (C=O) groups is 1. The van der Waals surface area contributed by atoms with Gasteiger partial charge in [0.1, 0.15) is 5.82 Å². The summed E-state index contributed by atoms with van der Waals surface area (Å²) in [7, 11) is 0. The highest BCUT2D eigenvalue weighted by Crippen LogP contribution is 2.18. The average Bonchev–Trinajstić information content (AvgIpc) is 2.31. The van der Waals surface area contributed by atoms with Crippen LogP contribution in [0.4, 0.5) is 4.39 Å². The zero-order chi connectivity index (χ0) is 14.0. The second kappa shape index (κ2) is 5.66. The molecule has 1 nitrogen and oxygen atoms in total. The quantitative estimate of drug-likeness (QED) is 0.753. The summed E-state index contributed by atoms with van der Waals surface area (Å²) in [6, 6.07) is 10.2. The summed E-state index contributed by atoms with van der Waals surface area (Å²) >= 11 is 3.39. The second-order valence-electron chi connectivity index (χ2n) is 4.69. The van der Waals surface area contributed by atoms with Crippen molar-refractivity contribution in [1.29, 1.82) is 0 Å². The molecule has 0 fully saturated rings. The minimum absolute atomic E-state index is 0.0408. The van der Waals surface area contributed by atoms with E-state index in [0.29, 0.717) is 12.0 Å². The molecule has 0 heterocycles. The first-order valence-electron chi connectivity index (χ1n) is 6.01. The molecule has 0 unspecified atom stereocenters. The summed E-state index contributed by atoms with van der Waals surface area (Å²) in [5.41, 5.74) is 3.38. The molecular formula is C16H14BrFO. The summed E-state index contributed by atoms with van der Waals surface area (Å²) in [5, 5.41) is 0. The van der Waals surface area contributed by atoms with E-state index in [9.17, 15) is 9.18 Å². The van der Waals surface area contributed by atoms with E-state index in [1.807, 2.05) is 32.0 Å². The molecule has 0 N–H and O–H groups in total. The Labute approximate surface area is 120 Å². The maximum Gasteiger partial charge on any atom is 0.167 e. The molecular weight excluding hydrogens is 307 g/mol. The van der Waals surface area contributed by atoms with Crippen molar-refractivity contribution in [2.75, 3.05) is 0 Å². The zero-order valence-corrected chi connectivity index (χ0v) is 12.4. The van der Waals surface area contributed by atoms with Gasteiger partial charge in [0.15, 0.2) is 5.78 Å². The number of ketones is 1. The summed E-state index contributed by atoms with van der Waals surface area (Å²) < 4.78 is 13.9. The Kier molecular flexibility index (Phi) is 4.15. The number of benzene rings is 2. The molecule has 0 radical (unpaired) electrons. The largest absolute Gasteiger partial charge is 0.294 e. The highest BCUT2D eigenvalue weighted by molar-refractivity contribution is 9.10. The minimum atomic E-state index is -0.271. The molecule has 0 aromatic heterocycles. The summed E-state index contributed by atoms with van der Waals surface area (Å²) in [6.45, 7) is 3.77. The van der Waals surface area contributed by atoms with Crippen LogP contribution in [0, 0.1) is 19.7 Å². The number of Topliss-reactive ketones (excluding diaryl/α,β-unsaturated/α-hetero) is 1. The molecule has 2 aromatic rings. The molecule has 0 atom stereocenters. The number of hydrogen-bond acceptors (Lipinski definition) is 1. The van der Waals surface area contributed by atoms with Gasteiger partial charge in [-0.15, -0.1) is 0 Å². The van der Waals surface area contributed by atoms with Crippen LogP contribution in [0.15, 0.2) is 40.9 Å². The van der Waals surface area contributed by atoms with Gasteiger partial charge in [-0.3, -0.25) is 4.79 Å². The molecule has 0 aliphatic rings. The number of carbonyl (C=O) groups excluding carboxylic acids is 1. The Bertz CT molecular complexity index is 614. The van der Waals surface area contributed by atoms with E-state index >= 15 is 0 Å². The molecule has 0 saturated heterocycles. The Hall–Kier alpha value is -1.48. The van der Waals surface area contributed by atoms with Crippen molar-refractivity contribution in [3.63, 3.8) is 0 Å². The van der Waals surface area contributed by atoms with E-state index in [0.717, 1.165) is 21.2 Å². The Morgan fingerprint density at radius 2 is 1.89 bits per heavy atom. The van der Waals surface area contributed by atoms with Gasteiger partial charge < -0.3 is 0 Å². The van der Waals surface area contributed by atoms with Crippen molar-refractivity contribution in [3.05, 3.63) is 68.9 Å². The van der Waals surface area contributed by atoms with Crippen LogP contribution >= 0.6 is 15.9 Å². The summed E-state index contributed by atoms with van der Waals surface area (Å²) in [4.78, 5) is 12.2. The molecule has 0 spiro atoms. The monoisotopic (exact) mass is 320 g/mol. The SMILES string of the molecule is Cc1cc(Br)cc(C(=O)Cc2ccc(F)cc2C)c1. The van der Waals surface area contributed by atoms with Crippen LogP contribution in [0.5, 0.6) is 0 Å². The van der Waals surface area contributed by atoms with E-state index in [2.05, 4.69) is 15.9 Å².